The first-order valence-electron chi connectivity index (χ1n) is 6.76. The predicted octanol–water partition coefficient (Wildman–Crippen LogP) is 2.33. The molecule has 0 amide bonds. The Labute approximate surface area is 112 Å². The number of para-hydroxylation sites is 1. The van der Waals surface area contributed by atoms with Gasteiger partial charge in [0, 0.05) is 38.1 Å². The molecule has 2 heterocycles. The molecule has 0 N–H and O–H groups in total. The highest BCUT2D eigenvalue weighted by molar-refractivity contribution is 5.80. The van der Waals surface area contributed by atoms with Gasteiger partial charge in [-0.1, -0.05) is 18.2 Å². The minimum Gasteiger partial charge on any atom is -0.354 e. The summed E-state index contributed by atoms with van der Waals surface area (Å²) in [7, 11) is 0. The number of anilines is 1. The largest absolute Gasteiger partial charge is 0.354 e. The molecule has 0 aliphatic carbocycles. The first kappa shape index (κ1) is 12.4. The number of benzene rings is 1. The normalized spacial score (nSPS) is 17.0. The minimum absolute atomic E-state index is 0.256. The third-order valence-corrected chi connectivity index (χ3v) is 3.68. The van der Waals surface area contributed by atoms with Crippen LogP contribution >= 0.6 is 0 Å². The van der Waals surface area contributed by atoms with Gasteiger partial charge in [-0.05, 0) is 18.2 Å². The van der Waals surface area contributed by atoms with Crippen LogP contribution in [0.3, 0.4) is 0 Å². The number of hydrogen-bond acceptors (Lipinski definition) is 3. The van der Waals surface area contributed by atoms with Crippen LogP contribution in [0.5, 0.6) is 0 Å². The molecule has 3 nitrogen and oxygen atoms in total. The summed E-state index contributed by atoms with van der Waals surface area (Å²) in [5.74, 6) is 1.03. The second kappa shape index (κ2) is 5.53. The van der Waals surface area contributed by atoms with Crippen molar-refractivity contribution in [1.82, 2.24) is 9.88 Å². The predicted molar refractivity (Wildman–Crippen MR) is 76.4 cm³/mol. The van der Waals surface area contributed by atoms with Gasteiger partial charge in [0.05, 0.1) is 5.52 Å². The molecule has 0 atom stereocenters. The molecule has 1 aliphatic rings. The number of hydrogen-bond donors (Lipinski definition) is 0. The fraction of sp³-hybridized carbons (Fsp3) is 0.400. The van der Waals surface area contributed by atoms with Gasteiger partial charge in [0.1, 0.15) is 12.5 Å². The van der Waals surface area contributed by atoms with Crippen molar-refractivity contribution in [3.8, 4) is 0 Å². The summed E-state index contributed by atoms with van der Waals surface area (Å²) in [6.45, 7) is 3.97. The summed E-state index contributed by atoms with van der Waals surface area (Å²) in [6, 6.07) is 12.3. The topological polar surface area (TPSA) is 19.4 Å². The Morgan fingerprint density at radius 1 is 1.00 bits per heavy atom. The number of halogens is 1. The number of piperazine rings is 1. The fourth-order valence-electron chi connectivity index (χ4n) is 2.55. The average molecular weight is 259 g/mol. The van der Waals surface area contributed by atoms with Crippen LogP contribution in [0.25, 0.3) is 10.9 Å². The van der Waals surface area contributed by atoms with Crippen molar-refractivity contribution in [2.24, 2.45) is 0 Å². The molecule has 0 radical (unpaired) electrons. The summed E-state index contributed by atoms with van der Waals surface area (Å²) in [6.07, 6.45) is 0. The van der Waals surface area contributed by atoms with Crippen molar-refractivity contribution in [2.45, 2.75) is 0 Å². The Bertz CT molecular complexity index is 550. The van der Waals surface area contributed by atoms with E-state index in [1.54, 1.807) is 0 Å². The van der Waals surface area contributed by atoms with Crippen LogP contribution in [-0.4, -0.2) is 49.3 Å². The molecule has 1 saturated heterocycles. The van der Waals surface area contributed by atoms with E-state index < -0.39 is 0 Å². The molecule has 2 aromatic rings. The lowest BCUT2D eigenvalue weighted by Gasteiger charge is -2.34. The standard InChI is InChI=1S/C15H18FN3/c16-7-8-18-9-11-19(12-10-18)15-6-5-13-3-1-2-4-14(13)17-15/h1-6H,7-12H2. The zero-order valence-corrected chi connectivity index (χ0v) is 10.9. The molecule has 1 aromatic carbocycles. The monoisotopic (exact) mass is 259 g/mol. The van der Waals surface area contributed by atoms with Gasteiger partial charge in [-0.3, -0.25) is 4.90 Å². The second-order valence-corrected chi connectivity index (χ2v) is 4.88. The van der Waals surface area contributed by atoms with E-state index >= 15 is 0 Å². The minimum atomic E-state index is -0.256. The maximum absolute atomic E-state index is 12.3. The van der Waals surface area contributed by atoms with E-state index in [9.17, 15) is 4.39 Å². The van der Waals surface area contributed by atoms with Crippen molar-refractivity contribution >= 4 is 16.7 Å². The molecule has 1 fully saturated rings. The molecule has 1 aromatic heterocycles. The molecular weight excluding hydrogens is 241 g/mol. The molecule has 19 heavy (non-hydrogen) atoms. The molecule has 0 spiro atoms. The molecule has 0 saturated carbocycles. The zero-order valence-electron chi connectivity index (χ0n) is 10.9. The summed E-state index contributed by atoms with van der Waals surface area (Å²) >= 11 is 0. The van der Waals surface area contributed by atoms with Crippen LogP contribution in [-0.2, 0) is 0 Å². The van der Waals surface area contributed by atoms with Gasteiger partial charge in [0.2, 0.25) is 0 Å². The van der Waals surface area contributed by atoms with Crippen LogP contribution in [0, 0.1) is 0 Å². The van der Waals surface area contributed by atoms with E-state index in [1.165, 1.54) is 5.39 Å². The lowest BCUT2D eigenvalue weighted by atomic mass is 10.2. The highest BCUT2D eigenvalue weighted by Gasteiger charge is 2.17. The van der Waals surface area contributed by atoms with Crippen LogP contribution in [0.2, 0.25) is 0 Å². The summed E-state index contributed by atoms with van der Waals surface area (Å²) in [4.78, 5) is 9.15. The third kappa shape index (κ3) is 2.68. The van der Waals surface area contributed by atoms with Crippen LogP contribution < -0.4 is 4.90 Å². The van der Waals surface area contributed by atoms with E-state index in [2.05, 4.69) is 28.0 Å². The quantitative estimate of drug-likeness (QED) is 0.843. The molecule has 1 aliphatic heterocycles. The molecule has 100 valence electrons. The molecule has 0 bridgehead atoms. The van der Waals surface area contributed by atoms with Crippen molar-refractivity contribution < 1.29 is 4.39 Å². The van der Waals surface area contributed by atoms with Crippen molar-refractivity contribution in [1.29, 1.82) is 0 Å². The van der Waals surface area contributed by atoms with E-state index in [4.69, 9.17) is 4.98 Å². The summed E-state index contributed by atoms with van der Waals surface area (Å²) < 4.78 is 12.3. The van der Waals surface area contributed by atoms with Gasteiger partial charge in [-0.15, -0.1) is 0 Å². The van der Waals surface area contributed by atoms with E-state index in [-0.39, 0.29) is 6.67 Å². The molecule has 3 rings (SSSR count). The Morgan fingerprint density at radius 3 is 2.58 bits per heavy atom. The van der Waals surface area contributed by atoms with Gasteiger partial charge in [0.25, 0.3) is 0 Å². The van der Waals surface area contributed by atoms with Crippen molar-refractivity contribution in [3.05, 3.63) is 36.4 Å². The van der Waals surface area contributed by atoms with Crippen molar-refractivity contribution in [2.75, 3.05) is 44.3 Å². The zero-order chi connectivity index (χ0) is 13.1. The number of alkyl halides is 1. The second-order valence-electron chi connectivity index (χ2n) is 4.88. The number of aromatic nitrogens is 1. The third-order valence-electron chi connectivity index (χ3n) is 3.68. The van der Waals surface area contributed by atoms with Crippen LogP contribution in [0.15, 0.2) is 36.4 Å². The van der Waals surface area contributed by atoms with E-state index in [0.29, 0.717) is 6.54 Å². The smallest absolute Gasteiger partial charge is 0.129 e. The highest BCUT2D eigenvalue weighted by Crippen LogP contribution is 2.19. The SMILES string of the molecule is FCCN1CCN(c2ccc3ccccc3n2)CC1. The lowest BCUT2D eigenvalue weighted by Crippen LogP contribution is -2.47. The van der Waals surface area contributed by atoms with Gasteiger partial charge in [-0.2, -0.15) is 0 Å². The van der Waals surface area contributed by atoms with Gasteiger partial charge in [-0.25, -0.2) is 9.37 Å². The lowest BCUT2D eigenvalue weighted by molar-refractivity contribution is 0.235. The molecular formula is C15H18FN3. The Kier molecular flexibility index (Phi) is 3.60. The number of fused-ring (bicyclic) bond motifs is 1. The van der Waals surface area contributed by atoms with Crippen LogP contribution in [0.1, 0.15) is 0 Å². The fourth-order valence-corrected chi connectivity index (χ4v) is 2.55. The van der Waals surface area contributed by atoms with Gasteiger partial charge < -0.3 is 4.90 Å². The molecule has 0 unspecified atom stereocenters. The van der Waals surface area contributed by atoms with Gasteiger partial charge in [0.15, 0.2) is 0 Å². The number of nitrogens with zero attached hydrogens (tertiary/aromatic N) is 3. The van der Waals surface area contributed by atoms with Gasteiger partial charge >= 0.3 is 0 Å². The van der Waals surface area contributed by atoms with E-state index in [1.807, 2.05) is 18.2 Å². The maximum Gasteiger partial charge on any atom is 0.129 e. The Balaban J connectivity index is 1.74. The summed E-state index contributed by atoms with van der Waals surface area (Å²) in [5, 5.41) is 1.17. The molecule has 4 heteroatoms. The van der Waals surface area contributed by atoms with E-state index in [0.717, 1.165) is 37.5 Å². The highest BCUT2D eigenvalue weighted by atomic mass is 19.1. The first-order chi connectivity index (χ1) is 9.36. The first-order valence-corrected chi connectivity index (χ1v) is 6.76. The van der Waals surface area contributed by atoms with Crippen molar-refractivity contribution in [3.63, 3.8) is 0 Å². The number of rotatable bonds is 3. The maximum atomic E-state index is 12.3. The Hall–Kier alpha value is -1.68. The summed E-state index contributed by atoms with van der Waals surface area (Å²) in [5.41, 5.74) is 1.03. The number of pyridine rings is 1. The van der Waals surface area contributed by atoms with Crippen LogP contribution in [0.4, 0.5) is 10.2 Å². The average Bonchev–Trinajstić information content (AvgIpc) is 2.48. The Morgan fingerprint density at radius 2 is 1.79 bits per heavy atom.